The highest BCUT2D eigenvalue weighted by Gasteiger charge is 2.22. The zero-order valence-corrected chi connectivity index (χ0v) is 29.8. The lowest BCUT2D eigenvalue weighted by Crippen LogP contribution is -2.29. The number of hydrogen-bond donors (Lipinski definition) is 1. The first-order valence-electron chi connectivity index (χ1n) is 17.6. The van der Waals surface area contributed by atoms with Crippen molar-refractivity contribution in [1.29, 1.82) is 0 Å². The number of nitrogens with zero attached hydrogens (tertiary/aromatic N) is 6. The summed E-state index contributed by atoms with van der Waals surface area (Å²) in [5.41, 5.74) is 7.98. The molecule has 5 aromatic heterocycles. The first kappa shape index (κ1) is 38.9. The van der Waals surface area contributed by atoms with E-state index in [2.05, 4.69) is 25.0 Å². The maximum Gasteiger partial charge on any atom is 0.340 e. The Kier molecular flexibility index (Phi) is 15.3. The van der Waals surface area contributed by atoms with Crippen LogP contribution in [0.2, 0.25) is 0 Å². The van der Waals surface area contributed by atoms with Crippen LogP contribution in [0.1, 0.15) is 104 Å². The van der Waals surface area contributed by atoms with E-state index in [-0.39, 0.29) is 47.6 Å². The molecule has 2 fully saturated rings. The van der Waals surface area contributed by atoms with Gasteiger partial charge in [-0.15, -0.1) is 12.4 Å². The molecule has 0 amide bonds. The molecule has 0 aromatic carbocycles. The van der Waals surface area contributed by atoms with Crippen LogP contribution in [0.15, 0.2) is 90.2 Å². The van der Waals surface area contributed by atoms with Crippen LogP contribution >= 0.6 is 12.4 Å². The Balaban J connectivity index is 0.000000188. The summed E-state index contributed by atoms with van der Waals surface area (Å²) in [6.45, 7) is 2.86. The zero-order chi connectivity index (χ0) is 35.1. The number of carbonyl (C=O) groups excluding carboxylic acids is 2. The molecule has 0 saturated heterocycles. The molecule has 2 saturated carbocycles. The van der Waals surface area contributed by atoms with Crippen molar-refractivity contribution in [3.63, 3.8) is 0 Å². The monoisotopic (exact) mass is 711 g/mol. The first-order valence-corrected chi connectivity index (χ1v) is 17.6. The molecular formula is C39H46ClN7O4. The summed E-state index contributed by atoms with van der Waals surface area (Å²) in [6.07, 6.45) is 19.0. The molecule has 7 rings (SSSR count). The fourth-order valence-corrected chi connectivity index (χ4v) is 6.34. The van der Waals surface area contributed by atoms with Crippen LogP contribution in [-0.2, 0) is 4.74 Å². The van der Waals surface area contributed by atoms with Crippen LogP contribution in [0.5, 0.6) is 0 Å². The van der Waals surface area contributed by atoms with Gasteiger partial charge in [-0.05, 0) is 93.6 Å². The van der Waals surface area contributed by atoms with Gasteiger partial charge in [0, 0.05) is 24.8 Å². The standard InChI is InChI=1S/C18H18N4O.C14H12N2O3.C7H15N.ClH/c23-18-14-9-6-12-20-16(14)17(15-10-4-5-11-19-15)21-22(18)13-7-2-1-3-8-13;1-2-19-14(18)10-6-5-9-16-12(10)13(17)11-7-3-4-8-15-11;8-6-7-4-2-1-3-5-7;/h4-6,9-13H,1-3,7-8H2;3-9H,2H2,1H3;7H,1-6,8H2;1H. The molecule has 0 radical (unpaired) electrons. The number of fused-ring (bicyclic) bond motifs is 1. The normalized spacial score (nSPS) is 14.5. The molecule has 11 nitrogen and oxygen atoms in total. The molecule has 0 aliphatic heterocycles. The van der Waals surface area contributed by atoms with Gasteiger partial charge in [-0.25, -0.2) is 9.48 Å². The number of rotatable bonds is 7. The van der Waals surface area contributed by atoms with Crippen molar-refractivity contribution in [2.75, 3.05) is 13.2 Å². The molecule has 0 unspecified atom stereocenters. The van der Waals surface area contributed by atoms with Crippen LogP contribution in [-0.4, -0.2) is 54.6 Å². The Morgan fingerprint density at radius 3 is 2.06 bits per heavy atom. The molecule has 0 atom stereocenters. The van der Waals surface area contributed by atoms with Gasteiger partial charge in [0.15, 0.2) is 0 Å². The summed E-state index contributed by atoms with van der Waals surface area (Å²) in [5, 5.41) is 5.29. The minimum absolute atomic E-state index is 0. The van der Waals surface area contributed by atoms with E-state index in [0.717, 1.165) is 43.8 Å². The fourth-order valence-electron chi connectivity index (χ4n) is 6.34. The second-order valence-electron chi connectivity index (χ2n) is 12.4. The third-order valence-corrected chi connectivity index (χ3v) is 8.98. The van der Waals surface area contributed by atoms with Crippen molar-refractivity contribution in [2.45, 2.75) is 77.2 Å². The molecule has 268 valence electrons. The van der Waals surface area contributed by atoms with Crippen molar-refractivity contribution >= 4 is 35.1 Å². The number of esters is 1. The van der Waals surface area contributed by atoms with Gasteiger partial charge >= 0.3 is 5.97 Å². The summed E-state index contributed by atoms with van der Waals surface area (Å²) in [5.74, 6) is -0.0946. The van der Waals surface area contributed by atoms with Crippen LogP contribution in [0.3, 0.4) is 0 Å². The van der Waals surface area contributed by atoms with Gasteiger partial charge in [0.1, 0.15) is 22.6 Å². The minimum Gasteiger partial charge on any atom is -0.462 e. The Bertz CT molecular complexity index is 1900. The maximum absolute atomic E-state index is 12.9. The second-order valence-corrected chi connectivity index (χ2v) is 12.4. The number of hydrogen-bond acceptors (Lipinski definition) is 10. The van der Waals surface area contributed by atoms with E-state index < -0.39 is 11.8 Å². The predicted octanol–water partition coefficient (Wildman–Crippen LogP) is 7.19. The van der Waals surface area contributed by atoms with Crippen molar-refractivity contribution in [3.05, 3.63) is 113 Å². The number of pyridine rings is 4. The van der Waals surface area contributed by atoms with E-state index in [1.165, 1.54) is 57.0 Å². The smallest absolute Gasteiger partial charge is 0.340 e. The summed E-state index contributed by atoms with van der Waals surface area (Å²) < 4.78 is 6.58. The van der Waals surface area contributed by atoms with E-state index in [1.807, 2.05) is 24.3 Å². The van der Waals surface area contributed by atoms with Gasteiger partial charge in [0.2, 0.25) is 5.78 Å². The van der Waals surface area contributed by atoms with Gasteiger partial charge in [0.05, 0.1) is 29.3 Å². The van der Waals surface area contributed by atoms with Crippen molar-refractivity contribution in [1.82, 2.24) is 29.7 Å². The van der Waals surface area contributed by atoms with Gasteiger partial charge in [-0.2, -0.15) is 5.10 Å². The van der Waals surface area contributed by atoms with Gasteiger partial charge in [-0.1, -0.05) is 50.7 Å². The maximum atomic E-state index is 12.9. The Morgan fingerprint density at radius 1 is 0.784 bits per heavy atom. The predicted molar refractivity (Wildman–Crippen MR) is 200 cm³/mol. The second kappa shape index (κ2) is 20.1. The van der Waals surface area contributed by atoms with Gasteiger partial charge in [-0.3, -0.25) is 29.5 Å². The van der Waals surface area contributed by atoms with E-state index >= 15 is 0 Å². The molecular weight excluding hydrogens is 666 g/mol. The number of ether oxygens (including phenoxy) is 1. The molecule has 12 heteroatoms. The largest absolute Gasteiger partial charge is 0.462 e. The van der Waals surface area contributed by atoms with Crippen LogP contribution < -0.4 is 11.3 Å². The van der Waals surface area contributed by atoms with Crippen LogP contribution in [0.25, 0.3) is 22.3 Å². The number of ketones is 1. The molecule has 0 bridgehead atoms. The fraction of sp³-hybridized carbons (Fsp3) is 0.385. The molecule has 2 aliphatic rings. The topological polar surface area (TPSA) is 156 Å². The number of halogens is 1. The highest BCUT2D eigenvalue weighted by Crippen LogP contribution is 2.29. The van der Waals surface area contributed by atoms with E-state index in [1.54, 1.807) is 54.3 Å². The molecule has 51 heavy (non-hydrogen) atoms. The lowest BCUT2D eigenvalue weighted by molar-refractivity contribution is 0.0522. The van der Waals surface area contributed by atoms with Gasteiger partial charge < -0.3 is 10.5 Å². The van der Waals surface area contributed by atoms with E-state index in [4.69, 9.17) is 10.5 Å². The zero-order valence-electron chi connectivity index (χ0n) is 29.0. The first-order chi connectivity index (χ1) is 24.5. The highest BCUT2D eigenvalue weighted by molar-refractivity contribution is 6.12. The van der Waals surface area contributed by atoms with Crippen molar-refractivity contribution in [3.8, 4) is 11.4 Å². The van der Waals surface area contributed by atoms with Crippen LogP contribution in [0, 0.1) is 5.92 Å². The molecule has 2 N–H and O–H groups in total. The quantitative estimate of drug-likeness (QED) is 0.135. The number of aromatic nitrogens is 6. The molecule has 2 aliphatic carbocycles. The SMILES string of the molecule is CCOC(=O)c1cccnc1C(=O)c1ccccn1.Cl.NCC1CCCCC1.O=c1c2cccnc2c(-c2ccccn2)nn1C1CCCCC1. The summed E-state index contributed by atoms with van der Waals surface area (Å²) in [4.78, 5) is 53.6. The summed E-state index contributed by atoms with van der Waals surface area (Å²) in [7, 11) is 0. The summed E-state index contributed by atoms with van der Waals surface area (Å²) >= 11 is 0. The lowest BCUT2D eigenvalue weighted by Gasteiger charge is -2.23. The number of nitrogens with two attached hydrogens (primary N) is 1. The summed E-state index contributed by atoms with van der Waals surface area (Å²) in [6, 6.07) is 17.6. The van der Waals surface area contributed by atoms with E-state index in [9.17, 15) is 14.4 Å². The van der Waals surface area contributed by atoms with Crippen molar-refractivity contribution < 1.29 is 14.3 Å². The average Bonchev–Trinajstić information content (AvgIpc) is 3.20. The van der Waals surface area contributed by atoms with E-state index in [0.29, 0.717) is 16.6 Å². The molecule has 5 heterocycles. The Labute approximate surface area is 304 Å². The Morgan fingerprint density at radius 2 is 1.43 bits per heavy atom. The number of carbonyl (C=O) groups is 2. The minimum atomic E-state index is -0.560. The molecule has 5 aromatic rings. The lowest BCUT2D eigenvalue weighted by atomic mass is 9.90. The van der Waals surface area contributed by atoms with Crippen LogP contribution in [0.4, 0.5) is 0 Å². The van der Waals surface area contributed by atoms with Gasteiger partial charge in [0.25, 0.3) is 5.56 Å². The third kappa shape index (κ3) is 10.3. The highest BCUT2D eigenvalue weighted by atomic mass is 35.5. The average molecular weight is 712 g/mol. The molecule has 0 spiro atoms. The third-order valence-electron chi connectivity index (χ3n) is 8.98. The Hall–Kier alpha value is -4.87. The van der Waals surface area contributed by atoms with Crippen molar-refractivity contribution in [2.24, 2.45) is 11.7 Å².